The van der Waals surface area contributed by atoms with Gasteiger partial charge in [-0.3, -0.25) is 9.36 Å². The second-order valence-electron chi connectivity index (χ2n) is 4.94. The molecule has 1 aromatic rings. The van der Waals surface area contributed by atoms with Gasteiger partial charge in [-0.1, -0.05) is 0 Å². The largest absolute Gasteiger partial charge is 0.346 e. The molecule has 2 heterocycles. The zero-order valence-corrected chi connectivity index (χ0v) is 11.5. The van der Waals surface area contributed by atoms with E-state index in [1.165, 1.54) is 11.7 Å². The minimum atomic E-state index is -0.424. The number of hydrogen-bond acceptors (Lipinski definition) is 6. The van der Waals surface area contributed by atoms with Gasteiger partial charge in [0.1, 0.15) is 0 Å². The van der Waals surface area contributed by atoms with Crippen molar-refractivity contribution in [2.24, 2.45) is 19.8 Å². The molecule has 1 fully saturated rings. The van der Waals surface area contributed by atoms with Gasteiger partial charge in [0.2, 0.25) is 5.82 Å². The number of nitrogens with two attached hydrogens (primary N) is 1. The summed E-state index contributed by atoms with van der Waals surface area (Å²) in [4.78, 5) is 27.9. The van der Waals surface area contributed by atoms with Crippen LogP contribution in [0.5, 0.6) is 0 Å². The lowest BCUT2D eigenvalue weighted by Gasteiger charge is -2.39. The maximum atomic E-state index is 12.2. The van der Waals surface area contributed by atoms with E-state index in [-0.39, 0.29) is 11.6 Å². The van der Waals surface area contributed by atoms with Crippen molar-refractivity contribution in [1.29, 1.82) is 0 Å². The Kier molecular flexibility index (Phi) is 3.72. The highest BCUT2D eigenvalue weighted by atomic mass is 16.2. The first-order valence-electron chi connectivity index (χ1n) is 6.25. The Hall–Kier alpha value is -1.67. The van der Waals surface area contributed by atoms with Crippen molar-refractivity contribution in [2.75, 3.05) is 38.1 Å². The molecule has 2 N–H and O–H groups in total. The van der Waals surface area contributed by atoms with Crippen molar-refractivity contribution in [1.82, 2.24) is 19.2 Å². The van der Waals surface area contributed by atoms with Crippen LogP contribution in [0.1, 0.15) is 0 Å². The fraction of sp³-hybridized carbons (Fsp3) is 0.727. The molecule has 0 spiro atoms. The monoisotopic (exact) mass is 268 g/mol. The summed E-state index contributed by atoms with van der Waals surface area (Å²) in [7, 11) is 5.02. The first kappa shape index (κ1) is 13.8. The molecule has 1 aromatic heterocycles. The third kappa shape index (κ3) is 2.41. The fourth-order valence-electron chi connectivity index (χ4n) is 2.35. The minimum Gasteiger partial charge on any atom is -0.344 e. The average Bonchev–Trinajstić information content (AvgIpc) is 2.40. The van der Waals surface area contributed by atoms with Crippen LogP contribution in [-0.2, 0) is 14.1 Å². The molecule has 19 heavy (non-hydrogen) atoms. The number of nitrogens with zero attached hydrogens (tertiary/aromatic N) is 5. The van der Waals surface area contributed by atoms with E-state index in [2.05, 4.69) is 10.00 Å². The van der Waals surface area contributed by atoms with Crippen LogP contribution in [-0.4, -0.2) is 58.5 Å². The summed E-state index contributed by atoms with van der Waals surface area (Å²) in [5, 5.41) is 4.10. The van der Waals surface area contributed by atoms with E-state index >= 15 is 0 Å². The topological polar surface area (TPSA) is 89.4 Å². The van der Waals surface area contributed by atoms with Gasteiger partial charge in [0.15, 0.2) is 0 Å². The van der Waals surface area contributed by atoms with Crippen molar-refractivity contribution in [3.8, 4) is 0 Å². The standard InChI is InChI=1S/C11H20N6O2/c1-14-4-5-17(8(6-12)7-14)9-10(18)15(2)11(19)16(3)13-9/h8H,4-7,12H2,1-3H3. The van der Waals surface area contributed by atoms with Gasteiger partial charge in [-0.2, -0.15) is 0 Å². The molecule has 1 saturated heterocycles. The Morgan fingerprint density at radius 2 is 1.95 bits per heavy atom. The molecule has 0 radical (unpaired) electrons. The molecule has 1 unspecified atom stereocenters. The summed E-state index contributed by atoms with van der Waals surface area (Å²) >= 11 is 0. The van der Waals surface area contributed by atoms with E-state index in [4.69, 9.17) is 5.73 Å². The summed E-state index contributed by atoms with van der Waals surface area (Å²) in [6.07, 6.45) is 0. The van der Waals surface area contributed by atoms with Gasteiger partial charge in [-0.25, -0.2) is 9.48 Å². The van der Waals surface area contributed by atoms with E-state index in [1.807, 2.05) is 11.9 Å². The highest BCUT2D eigenvalue weighted by Gasteiger charge is 2.28. The summed E-state index contributed by atoms with van der Waals surface area (Å²) in [5.74, 6) is 0.299. The Morgan fingerprint density at radius 1 is 1.26 bits per heavy atom. The van der Waals surface area contributed by atoms with Gasteiger partial charge in [0, 0.05) is 40.3 Å². The maximum Gasteiger partial charge on any atom is 0.346 e. The summed E-state index contributed by atoms with van der Waals surface area (Å²) in [5.41, 5.74) is 4.98. The summed E-state index contributed by atoms with van der Waals surface area (Å²) in [6, 6.07) is 0.0384. The first-order chi connectivity index (χ1) is 8.95. The third-order valence-corrected chi connectivity index (χ3v) is 3.53. The number of likely N-dealkylation sites (N-methyl/N-ethyl adjacent to an activating group) is 1. The summed E-state index contributed by atoms with van der Waals surface area (Å²) < 4.78 is 2.26. The molecule has 106 valence electrons. The Bertz CT molecular complexity index is 578. The fourth-order valence-corrected chi connectivity index (χ4v) is 2.35. The third-order valence-electron chi connectivity index (χ3n) is 3.53. The molecule has 1 aliphatic rings. The van der Waals surface area contributed by atoms with Crippen LogP contribution in [0.2, 0.25) is 0 Å². The molecule has 2 rings (SSSR count). The molecule has 0 amide bonds. The molecule has 0 aliphatic carbocycles. The first-order valence-corrected chi connectivity index (χ1v) is 6.25. The lowest BCUT2D eigenvalue weighted by molar-refractivity contribution is 0.267. The molecule has 0 aromatic carbocycles. The molecule has 0 bridgehead atoms. The number of aryl methyl sites for hydroxylation is 1. The quantitative estimate of drug-likeness (QED) is 0.641. The molecule has 1 aliphatic heterocycles. The summed E-state index contributed by atoms with van der Waals surface area (Å²) in [6.45, 7) is 2.74. The Balaban J connectivity index is 2.47. The second kappa shape index (κ2) is 5.14. The Labute approximate surface area is 111 Å². The molecular weight excluding hydrogens is 248 g/mol. The second-order valence-corrected chi connectivity index (χ2v) is 4.94. The number of piperazine rings is 1. The van der Waals surface area contributed by atoms with Gasteiger partial charge in [-0.15, -0.1) is 5.10 Å². The zero-order valence-electron chi connectivity index (χ0n) is 11.5. The van der Waals surface area contributed by atoms with Gasteiger partial charge < -0.3 is 15.5 Å². The molecule has 0 saturated carbocycles. The van der Waals surface area contributed by atoms with E-state index in [1.54, 1.807) is 7.05 Å². The number of hydrogen-bond donors (Lipinski definition) is 1. The smallest absolute Gasteiger partial charge is 0.344 e. The highest BCUT2D eigenvalue weighted by Crippen LogP contribution is 2.12. The zero-order chi connectivity index (χ0) is 14.2. The number of anilines is 1. The number of aromatic nitrogens is 3. The molecule has 8 nitrogen and oxygen atoms in total. The maximum absolute atomic E-state index is 12.2. The van der Waals surface area contributed by atoms with Crippen molar-refractivity contribution >= 4 is 5.82 Å². The van der Waals surface area contributed by atoms with Crippen molar-refractivity contribution in [2.45, 2.75) is 6.04 Å². The van der Waals surface area contributed by atoms with E-state index in [0.29, 0.717) is 18.9 Å². The van der Waals surface area contributed by atoms with Crippen LogP contribution >= 0.6 is 0 Å². The van der Waals surface area contributed by atoms with Crippen LogP contribution in [0.3, 0.4) is 0 Å². The van der Waals surface area contributed by atoms with E-state index < -0.39 is 5.69 Å². The lowest BCUT2D eigenvalue weighted by Crippen LogP contribution is -2.57. The predicted octanol–water partition coefficient (Wildman–Crippen LogP) is -2.44. The minimum absolute atomic E-state index is 0.0384. The molecule has 1 atom stereocenters. The van der Waals surface area contributed by atoms with Crippen LogP contribution in [0, 0.1) is 0 Å². The van der Waals surface area contributed by atoms with Gasteiger partial charge in [0.25, 0.3) is 5.56 Å². The Morgan fingerprint density at radius 3 is 2.58 bits per heavy atom. The SMILES string of the molecule is CN1CCN(c2nn(C)c(=O)n(C)c2=O)C(CN)C1. The van der Waals surface area contributed by atoms with Crippen molar-refractivity contribution in [3.05, 3.63) is 20.8 Å². The van der Waals surface area contributed by atoms with Crippen molar-refractivity contribution < 1.29 is 0 Å². The average molecular weight is 268 g/mol. The van der Waals surface area contributed by atoms with Gasteiger partial charge in [-0.05, 0) is 7.05 Å². The molecule has 8 heteroatoms. The predicted molar refractivity (Wildman–Crippen MR) is 72.4 cm³/mol. The van der Waals surface area contributed by atoms with Gasteiger partial charge >= 0.3 is 5.69 Å². The van der Waals surface area contributed by atoms with Crippen molar-refractivity contribution in [3.63, 3.8) is 0 Å². The van der Waals surface area contributed by atoms with Crippen LogP contribution < -0.4 is 21.9 Å². The lowest BCUT2D eigenvalue weighted by atomic mass is 10.2. The van der Waals surface area contributed by atoms with Gasteiger partial charge in [0.05, 0.1) is 6.04 Å². The molecular formula is C11H20N6O2. The van der Waals surface area contributed by atoms with Crippen LogP contribution in [0.25, 0.3) is 0 Å². The van der Waals surface area contributed by atoms with Crippen LogP contribution in [0.4, 0.5) is 5.82 Å². The van der Waals surface area contributed by atoms with E-state index in [0.717, 1.165) is 17.7 Å². The van der Waals surface area contributed by atoms with Crippen LogP contribution in [0.15, 0.2) is 9.59 Å². The highest BCUT2D eigenvalue weighted by molar-refractivity contribution is 5.37. The van der Waals surface area contributed by atoms with E-state index in [9.17, 15) is 9.59 Å². The normalized spacial score (nSPS) is 20.8. The number of rotatable bonds is 2.